The molecular weight excluding hydrogens is 222 g/mol. The Hall–Kier alpha value is -2.09. The second-order valence-electron chi connectivity index (χ2n) is 4.62. The van der Waals surface area contributed by atoms with Gasteiger partial charge in [-0.2, -0.15) is 0 Å². The number of hydrogen-bond acceptors (Lipinski definition) is 2. The summed E-state index contributed by atoms with van der Waals surface area (Å²) in [6.45, 7) is 2.05. The van der Waals surface area contributed by atoms with Crippen LogP contribution < -0.4 is 5.32 Å². The van der Waals surface area contributed by atoms with Crippen LogP contribution in [0.3, 0.4) is 0 Å². The molecule has 0 aliphatic carbocycles. The molecule has 0 saturated carbocycles. The molecule has 1 atom stereocenters. The number of carbonyl (C=O) groups excluding carboxylic acids is 1. The zero-order valence-electron chi connectivity index (χ0n) is 10.3. The van der Waals surface area contributed by atoms with E-state index >= 15 is 0 Å². The highest BCUT2D eigenvalue weighted by Crippen LogP contribution is 2.41. The number of carbonyl (C=O) groups is 1. The van der Waals surface area contributed by atoms with E-state index in [1.807, 2.05) is 61.5 Å². The summed E-state index contributed by atoms with van der Waals surface area (Å²) in [5.41, 5.74) is 2.18. The highest BCUT2D eigenvalue weighted by molar-refractivity contribution is 6.13. The Kier molecular flexibility index (Phi) is 2.44. The zero-order chi connectivity index (χ0) is 12.6. The lowest BCUT2D eigenvalue weighted by molar-refractivity contribution is 0.0914. The van der Waals surface area contributed by atoms with E-state index in [0.29, 0.717) is 0 Å². The van der Waals surface area contributed by atoms with E-state index in [9.17, 15) is 4.79 Å². The van der Waals surface area contributed by atoms with Gasteiger partial charge in [-0.3, -0.25) is 4.79 Å². The van der Waals surface area contributed by atoms with Crippen molar-refractivity contribution in [2.45, 2.75) is 18.9 Å². The molecule has 18 heavy (non-hydrogen) atoms. The van der Waals surface area contributed by atoms with Crippen LogP contribution in [0.4, 0.5) is 5.69 Å². The Bertz CT molecular complexity index is 591. The summed E-state index contributed by atoms with van der Waals surface area (Å²) in [4.78, 5) is 12.7. The van der Waals surface area contributed by atoms with Crippen molar-refractivity contribution in [3.05, 3.63) is 65.7 Å². The molecule has 0 amide bonds. The van der Waals surface area contributed by atoms with Gasteiger partial charge in [0.15, 0.2) is 5.78 Å². The lowest BCUT2D eigenvalue weighted by Gasteiger charge is -2.27. The summed E-state index contributed by atoms with van der Waals surface area (Å²) in [6, 6.07) is 17.7. The van der Waals surface area contributed by atoms with Crippen molar-refractivity contribution in [1.29, 1.82) is 0 Å². The Morgan fingerprint density at radius 3 is 2.33 bits per heavy atom. The fraction of sp³-hybridized carbons (Fsp3) is 0.188. The maximum atomic E-state index is 12.7. The molecule has 0 radical (unpaired) electrons. The van der Waals surface area contributed by atoms with Gasteiger partial charge >= 0.3 is 0 Å². The molecule has 2 aromatic carbocycles. The molecule has 2 nitrogen and oxygen atoms in total. The summed E-state index contributed by atoms with van der Waals surface area (Å²) in [5, 5.41) is 3.41. The Balaban J connectivity index is 2.15. The largest absolute Gasteiger partial charge is 0.368 e. The smallest absolute Gasteiger partial charge is 0.194 e. The fourth-order valence-electron chi connectivity index (χ4n) is 2.69. The van der Waals surface area contributed by atoms with Crippen LogP contribution in [0.15, 0.2) is 54.6 Å². The minimum Gasteiger partial charge on any atom is -0.368 e. The van der Waals surface area contributed by atoms with E-state index in [2.05, 4.69) is 5.32 Å². The molecule has 2 heteroatoms. The Morgan fingerprint density at radius 1 is 1.00 bits per heavy atom. The van der Waals surface area contributed by atoms with Crippen LogP contribution in [0, 0.1) is 0 Å². The molecule has 0 spiro atoms. The highest BCUT2D eigenvalue weighted by atomic mass is 16.1. The molecule has 1 unspecified atom stereocenters. The topological polar surface area (TPSA) is 29.1 Å². The second kappa shape index (κ2) is 3.98. The van der Waals surface area contributed by atoms with Crippen LogP contribution in [-0.2, 0) is 5.54 Å². The van der Waals surface area contributed by atoms with E-state index < -0.39 is 5.54 Å². The molecule has 90 valence electrons. The van der Waals surface area contributed by atoms with Crippen LogP contribution >= 0.6 is 0 Å². The molecule has 1 N–H and O–H groups in total. The molecule has 0 aromatic heterocycles. The summed E-state index contributed by atoms with van der Waals surface area (Å²) < 4.78 is 0. The average molecular weight is 237 g/mol. The van der Waals surface area contributed by atoms with Gasteiger partial charge in [0.2, 0.25) is 0 Å². The molecule has 1 heterocycles. The van der Waals surface area contributed by atoms with Gasteiger partial charge in [-0.05, 0) is 24.1 Å². The summed E-state index contributed by atoms with van der Waals surface area (Å²) in [6.07, 6.45) is 0.741. The van der Waals surface area contributed by atoms with Crippen LogP contribution in [0.1, 0.15) is 29.3 Å². The average Bonchev–Trinajstić information content (AvgIpc) is 2.74. The third-order valence-corrected chi connectivity index (χ3v) is 3.70. The van der Waals surface area contributed by atoms with Crippen molar-refractivity contribution in [2.75, 3.05) is 5.32 Å². The van der Waals surface area contributed by atoms with Gasteiger partial charge in [-0.15, -0.1) is 0 Å². The maximum Gasteiger partial charge on any atom is 0.194 e. The number of anilines is 1. The number of hydrogen-bond donors (Lipinski definition) is 1. The quantitative estimate of drug-likeness (QED) is 0.864. The molecule has 0 bridgehead atoms. The van der Waals surface area contributed by atoms with E-state index in [-0.39, 0.29) is 5.78 Å². The van der Waals surface area contributed by atoms with Crippen LogP contribution in [0.25, 0.3) is 0 Å². The number of fused-ring (bicyclic) bond motifs is 1. The molecule has 1 aliphatic rings. The van der Waals surface area contributed by atoms with Crippen LogP contribution in [-0.4, -0.2) is 5.78 Å². The third-order valence-electron chi connectivity index (χ3n) is 3.70. The number of rotatable bonds is 2. The molecule has 0 fully saturated rings. The Morgan fingerprint density at radius 2 is 1.67 bits per heavy atom. The van der Waals surface area contributed by atoms with Crippen molar-refractivity contribution in [3.63, 3.8) is 0 Å². The van der Waals surface area contributed by atoms with Crippen LogP contribution in [0.5, 0.6) is 0 Å². The normalized spacial score (nSPS) is 21.5. The van der Waals surface area contributed by atoms with Gasteiger partial charge in [0.05, 0.1) is 0 Å². The van der Waals surface area contributed by atoms with Crippen molar-refractivity contribution in [3.8, 4) is 0 Å². The minimum absolute atomic E-state index is 0.173. The number of benzene rings is 2. The number of Topliss-reactive ketones (excluding diaryl/α,β-unsaturated/α-hetero) is 1. The first-order chi connectivity index (χ1) is 8.78. The SMILES string of the molecule is CCC1(c2ccccc2)Nc2ccccc2C1=O. The van der Waals surface area contributed by atoms with Gasteiger partial charge in [0, 0.05) is 11.3 Å². The molecule has 0 saturated heterocycles. The standard InChI is InChI=1S/C16H15NO/c1-2-16(12-8-4-3-5-9-12)15(18)13-10-6-7-11-14(13)17-16/h3-11,17H,2H2,1H3. The fourth-order valence-corrected chi connectivity index (χ4v) is 2.69. The zero-order valence-corrected chi connectivity index (χ0v) is 10.3. The summed E-state index contributed by atoms with van der Waals surface area (Å²) in [7, 11) is 0. The Labute approximate surface area is 107 Å². The molecule has 3 rings (SSSR count). The number of para-hydroxylation sites is 1. The van der Waals surface area contributed by atoms with Crippen molar-refractivity contribution >= 4 is 11.5 Å². The number of ketones is 1. The third kappa shape index (κ3) is 1.39. The van der Waals surface area contributed by atoms with Gasteiger partial charge < -0.3 is 5.32 Å². The number of nitrogens with one attached hydrogen (secondary N) is 1. The monoisotopic (exact) mass is 237 g/mol. The van der Waals surface area contributed by atoms with E-state index in [1.165, 1.54) is 0 Å². The van der Waals surface area contributed by atoms with E-state index in [0.717, 1.165) is 23.2 Å². The van der Waals surface area contributed by atoms with Gasteiger partial charge in [-0.25, -0.2) is 0 Å². The van der Waals surface area contributed by atoms with E-state index in [1.54, 1.807) is 0 Å². The maximum absolute atomic E-state index is 12.7. The van der Waals surface area contributed by atoms with Crippen molar-refractivity contribution < 1.29 is 4.79 Å². The summed E-state index contributed by atoms with van der Waals surface area (Å²) in [5.74, 6) is 0.173. The predicted octanol–water partition coefficient (Wildman–Crippen LogP) is 3.60. The second-order valence-corrected chi connectivity index (χ2v) is 4.62. The minimum atomic E-state index is -0.592. The first-order valence-electron chi connectivity index (χ1n) is 6.25. The van der Waals surface area contributed by atoms with E-state index in [4.69, 9.17) is 0 Å². The first kappa shape index (κ1) is 11.0. The van der Waals surface area contributed by atoms with Crippen molar-refractivity contribution in [1.82, 2.24) is 0 Å². The van der Waals surface area contributed by atoms with Crippen molar-refractivity contribution in [2.24, 2.45) is 0 Å². The molecule has 2 aromatic rings. The lowest BCUT2D eigenvalue weighted by atomic mass is 9.83. The predicted molar refractivity (Wildman–Crippen MR) is 72.8 cm³/mol. The lowest BCUT2D eigenvalue weighted by Crippen LogP contribution is -2.37. The summed E-state index contributed by atoms with van der Waals surface area (Å²) >= 11 is 0. The highest BCUT2D eigenvalue weighted by Gasteiger charge is 2.44. The van der Waals surface area contributed by atoms with Gasteiger partial charge in [0.25, 0.3) is 0 Å². The molecule has 1 aliphatic heterocycles. The first-order valence-corrected chi connectivity index (χ1v) is 6.25. The van der Waals surface area contributed by atoms with Gasteiger partial charge in [-0.1, -0.05) is 49.4 Å². The van der Waals surface area contributed by atoms with Gasteiger partial charge in [0.1, 0.15) is 5.54 Å². The van der Waals surface area contributed by atoms with Crippen LogP contribution in [0.2, 0.25) is 0 Å². The molecular formula is C16H15NO.